The van der Waals surface area contributed by atoms with Crippen molar-refractivity contribution in [2.75, 3.05) is 20.3 Å². The molecule has 126 valence electrons. The minimum Gasteiger partial charge on any atom is -0.493 e. The molecule has 5 heteroatoms. The van der Waals surface area contributed by atoms with Crippen molar-refractivity contribution in [3.05, 3.63) is 22.8 Å². The van der Waals surface area contributed by atoms with Crippen molar-refractivity contribution in [3.8, 4) is 17.6 Å². The van der Waals surface area contributed by atoms with Crippen LogP contribution in [0.15, 0.2) is 6.07 Å². The number of methoxy groups -OCH3 is 1. The molecule has 0 radical (unpaired) electrons. The number of ether oxygens (including phenoxy) is 2. The fourth-order valence-electron chi connectivity index (χ4n) is 3.25. The molecule has 1 saturated carbocycles. The molecular weight excluding hydrogens is 294 g/mol. The summed E-state index contributed by atoms with van der Waals surface area (Å²) in [6.45, 7) is -0.00742. The van der Waals surface area contributed by atoms with E-state index in [-0.39, 0.29) is 25.7 Å². The molecule has 1 aliphatic rings. The van der Waals surface area contributed by atoms with Crippen molar-refractivity contribution >= 4 is 0 Å². The van der Waals surface area contributed by atoms with Gasteiger partial charge in [0.05, 0.1) is 25.7 Å². The monoisotopic (exact) mass is 319 g/mol. The Morgan fingerprint density at radius 2 is 1.83 bits per heavy atom. The van der Waals surface area contributed by atoms with Crippen LogP contribution >= 0.6 is 0 Å². The van der Waals surface area contributed by atoms with Gasteiger partial charge in [-0.15, -0.1) is 0 Å². The highest BCUT2D eigenvalue weighted by Crippen LogP contribution is 2.40. The van der Waals surface area contributed by atoms with Crippen LogP contribution in [0.2, 0.25) is 0 Å². The molecule has 0 saturated heterocycles. The Kier molecular flexibility index (Phi) is 6.69. The van der Waals surface area contributed by atoms with E-state index in [2.05, 4.69) is 6.07 Å². The van der Waals surface area contributed by atoms with Gasteiger partial charge in [-0.05, 0) is 44.1 Å². The first kappa shape index (κ1) is 17.6. The third-order valence-electron chi connectivity index (χ3n) is 4.31. The van der Waals surface area contributed by atoms with E-state index in [0.717, 1.165) is 42.4 Å². The van der Waals surface area contributed by atoms with Crippen LogP contribution in [0, 0.1) is 11.3 Å². The predicted octanol–water partition coefficient (Wildman–Crippen LogP) is 2.15. The number of hydrogen-bond donors (Lipinski definition) is 2. The van der Waals surface area contributed by atoms with Gasteiger partial charge in [0.25, 0.3) is 0 Å². The molecule has 23 heavy (non-hydrogen) atoms. The molecule has 0 heterocycles. The van der Waals surface area contributed by atoms with E-state index in [1.54, 1.807) is 7.11 Å². The molecule has 2 N–H and O–H groups in total. The summed E-state index contributed by atoms with van der Waals surface area (Å²) in [6.07, 6.45) is 5.61. The second-order valence-electron chi connectivity index (χ2n) is 5.84. The van der Waals surface area contributed by atoms with E-state index in [1.807, 2.05) is 6.07 Å². The Morgan fingerprint density at radius 1 is 1.13 bits per heavy atom. The smallest absolute Gasteiger partial charge is 0.165 e. The van der Waals surface area contributed by atoms with E-state index in [9.17, 15) is 10.2 Å². The maximum absolute atomic E-state index is 9.41. The molecule has 0 unspecified atom stereocenters. The van der Waals surface area contributed by atoms with Gasteiger partial charge in [0.1, 0.15) is 0 Å². The maximum Gasteiger partial charge on any atom is 0.165 e. The van der Waals surface area contributed by atoms with Crippen LogP contribution in [0.4, 0.5) is 0 Å². The van der Waals surface area contributed by atoms with Crippen LogP contribution in [-0.2, 0) is 19.3 Å². The average Bonchev–Trinajstić information content (AvgIpc) is 3.04. The summed E-state index contributed by atoms with van der Waals surface area (Å²) in [5.74, 6) is 1.26. The van der Waals surface area contributed by atoms with Crippen LogP contribution in [0.1, 0.15) is 42.4 Å². The maximum atomic E-state index is 9.41. The van der Waals surface area contributed by atoms with E-state index < -0.39 is 0 Å². The predicted molar refractivity (Wildman–Crippen MR) is 86.8 cm³/mol. The molecule has 0 aromatic heterocycles. The number of rotatable bonds is 8. The van der Waals surface area contributed by atoms with Gasteiger partial charge in [0.15, 0.2) is 11.5 Å². The second kappa shape index (κ2) is 8.76. The van der Waals surface area contributed by atoms with Crippen molar-refractivity contribution < 1.29 is 19.7 Å². The number of benzene rings is 1. The second-order valence-corrected chi connectivity index (χ2v) is 5.84. The van der Waals surface area contributed by atoms with Gasteiger partial charge < -0.3 is 19.7 Å². The summed E-state index contributed by atoms with van der Waals surface area (Å²) < 4.78 is 11.8. The zero-order chi connectivity index (χ0) is 16.7. The van der Waals surface area contributed by atoms with Crippen molar-refractivity contribution in [1.82, 2.24) is 0 Å². The minimum absolute atomic E-state index is 0.00453. The normalized spacial score (nSPS) is 14.7. The first-order valence-corrected chi connectivity index (χ1v) is 8.22. The Morgan fingerprint density at radius 3 is 2.39 bits per heavy atom. The molecule has 1 aromatic rings. The van der Waals surface area contributed by atoms with Crippen molar-refractivity contribution in [2.24, 2.45) is 0 Å². The topological polar surface area (TPSA) is 82.7 Å². The molecule has 0 amide bonds. The van der Waals surface area contributed by atoms with Crippen molar-refractivity contribution in [2.45, 2.75) is 51.0 Å². The summed E-state index contributed by atoms with van der Waals surface area (Å²) >= 11 is 0. The van der Waals surface area contributed by atoms with Crippen LogP contribution in [0.3, 0.4) is 0 Å². The highest BCUT2D eigenvalue weighted by molar-refractivity contribution is 5.56. The summed E-state index contributed by atoms with van der Waals surface area (Å²) in [7, 11) is 1.59. The van der Waals surface area contributed by atoms with Gasteiger partial charge in [-0.2, -0.15) is 5.26 Å². The lowest BCUT2D eigenvalue weighted by atomic mass is 9.95. The Bertz CT molecular complexity index is 559. The Labute approximate surface area is 137 Å². The molecule has 0 spiro atoms. The summed E-state index contributed by atoms with van der Waals surface area (Å²) in [6, 6.07) is 4.06. The molecule has 2 rings (SSSR count). The molecule has 5 nitrogen and oxygen atoms in total. The third kappa shape index (κ3) is 4.15. The molecule has 1 aliphatic carbocycles. The van der Waals surface area contributed by atoms with E-state index in [1.165, 1.54) is 0 Å². The lowest BCUT2D eigenvalue weighted by molar-refractivity contribution is 0.196. The third-order valence-corrected chi connectivity index (χ3v) is 4.31. The number of nitriles is 1. The average molecular weight is 319 g/mol. The Hall–Kier alpha value is -1.77. The van der Waals surface area contributed by atoms with Gasteiger partial charge in [-0.3, -0.25) is 0 Å². The SMILES string of the molecule is COc1c(CCO)cc(CC#N)c(CCO)c1OC1CCCC1. The minimum atomic E-state index is -0.0119. The van der Waals surface area contributed by atoms with E-state index >= 15 is 0 Å². The highest BCUT2D eigenvalue weighted by atomic mass is 16.5. The fourth-order valence-corrected chi connectivity index (χ4v) is 3.25. The van der Waals surface area contributed by atoms with Crippen molar-refractivity contribution in [1.29, 1.82) is 5.26 Å². The van der Waals surface area contributed by atoms with Crippen LogP contribution in [-0.4, -0.2) is 36.6 Å². The largest absolute Gasteiger partial charge is 0.493 e. The first-order valence-electron chi connectivity index (χ1n) is 8.22. The first-order chi connectivity index (χ1) is 11.2. The Balaban J connectivity index is 2.51. The standard InChI is InChI=1S/C18H25NO4/c1-22-17-14(7-10-20)12-13(6-9-19)16(8-11-21)18(17)23-15-4-2-3-5-15/h12,15,20-21H,2-8,10-11H2,1H3. The summed E-state index contributed by atoms with van der Waals surface area (Å²) in [5.41, 5.74) is 2.54. The van der Waals surface area contributed by atoms with Gasteiger partial charge >= 0.3 is 0 Å². The number of nitrogens with zero attached hydrogens (tertiary/aromatic N) is 1. The lowest BCUT2D eigenvalue weighted by Crippen LogP contribution is -2.15. The fraction of sp³-hybridized carbons (Fsp3) is 0.611. The molecule has 0 aliphatic heterocycles. The number of hydrogen-bond acceptors (Lipinski definition) is 5. The quantitative estimate of drug-likeness (QED) is 0.767. The van der Waals surface area contributed by atoms with Gasteiger partial charge in [0.2, 0.25) is 0 Å². The van der Waals surface area contributed by atoms with Gasteiger partial charge in [0, 0.05) is 24.3 Å². The van der Waals surface area contributed by atoms with E-state index in [4.69, 9.17) is 14.7 Å². The molecule has 1 aromatic carbocycles. The number of aliphatic hydroxyl groups excluding tert-OH is 2. The van der Waals surface area contributed by atoms with Gasteiger partial charge in [-0.1, -0.05) is 6.07 Å². The molecule has 1 fully saturated rings. The summed E-state index contributed by atoms with van der Waals surface area (Å²) in [5, 5.41) is 27.8. The highest BCUT2D eigenvalue weighted by Gasteiger charge is 2.24. The van der Waals surface area contributed by atoms with E-state index in [0.29, 0.717) is 24.3 Å². The zero-order valence-electron chi connectivity index (χ0n) is 13.7. The zero-order valence-corrected chi connectivity index (χ0v) is 13.7. The lowest BCUT2D eigenvalue weighted by Gasteiger charge is -2.23. The molecular formula is C18H25NO4. The molecule has 0 bridgehead atoms. The summed E-state index contributed by atoms with van der Waals surface area (Å²) in [4.78, 5) is 0. The number of aliphatic hydroxyl groups is 2. The van der Waals surface area contributed by atoms with Gasteiger partial charge in [-0.25, -0.2) is 0 Å². The van der Waals surface area contributed by atoms with Crippen LogP contribution < -0.4 is 9.47 Å². The van der Waals surface area contributed by atoms with Crippen LogP contribution in [0.5, 0.6) is 11.5 Å². The van der Waals surface area contributed by atoms with Crippen LogP contribution in [0.25, 0.3) is 0 Å². The van der Waals surface area contributed by atoms with Crippen molar-refractivity contribution in [3.63, 3.8) is 0 Å². The molecule has 0 atom stereocenters.